The fourth-order valence-electron chi connectivity index (χ4n) is 5.81. The van der Waals surface area contributed by atoms with Crippen molar-refractivity contribution in [3.63, 3.8) is 0 Å². The van der Waals surface area contributed by atoms with Crippen molar-refractivity contribution in [2.45, 2.75) is 56.6 Å². The van der Waals surface area contributed by atoms with E-state index in [0.717, 1.165) is 30.9 Å². The molecule has 0 N–H and O–H groups in total. The third kappa shape index (κ3) is 3.57. The Morgan fingerprint density at radius 3 is 2.30 bits per heavy atom. The Labute approximate surface area is 160 Å². The highest BCUT2D eigenvalue weighted by Gasteiger charge is 2.57. The molecule has 0 aromatic heterocycles. The summed E-state index contributed by atoms with van der Waals surface area (Å²) in [5, 5.41) is 0. The van der Waals surface area contributed by atoms with Crippen LogP contribution in [-0.2, 0) is 23.8 Å². The van der Waals surface area contributed by atoms with Gasteiger partial charge in [-0.3, -0.25) is 0 Å². The molecule has 0 radical (unpaired) electrons. The molecular formula is C21H26O5S. The number of carbonyl (C=O) groups excluding carboxylic acids is 1. The number of hydrogen-bond acceptors (Lipinski definition) is 5. The Bertz CT molecular complexity index is 822. The van der Waals surface area contributed by atoms with E-state index in [9.17, 15) is 13.2 Å². The second-order valence-electron chi connectivity index (χ2n) is 8.62. The van der Waals surface area contributed by atoms with Crippen LogP contribution in [0.1, 0.15) is 44.1 Å². The maximum atomic E-state index is 12.9. The van der Waals surface area contributed by atoms with E-state index in [1.54, 1.807) is 12.1 Å². The molecule has 6 heteroatoms. The summed E-state index contributed by atoms with van der Waals surface area (Å²) < 4.78 is 37.0. The van der Waals surface area contributed by atoms with Crippen LogP contribution in [0, 0.1) is 30.1 Å². The average molecular weight is 391 g/mol. The van der Waals surface area contributed by atoms with Gasteiger partial charge in [-0.2, -0.15) is 8.42 Å². The van der Waals surface area contributed by atoms with Crippen molar-refractivity contribution in [2.75, 3.05) is 0 Å². The topological polar surface area (TPSA) is 69.7 Å². The highest BCUT2D eigenvalue weighted by molar-refractivity contribution is 7.86. The standard InChI is InChI=1S/C21H26O5S/c1-3-19(22)25-20(26-27(23,24)18-6-4-5-14(2)7-18)21-11-15-8-16(12-21)10-17(9-15)13-21/h3-7,15-17,20H,1,8-13H2,2H3. The minimum atomic E-state index is -4.04. The van der Waals surface area contributed by atoms with Crippen molar-refractivity contribution in [1.29, 1.82) is 0 Å². The summed E-state index contributed by atoms with van der Waals surface area (Å²) in [6.07, 6.45) is 6.15. The van der Waals surface area contributed by atoms with Crippen LogP contribution in [0.2, 0.25) is 0 Å². The molecule has 0 aliphatic heterocycles. The number of esters is 1. The Balaban J connectivity index is 1.66. The van der Waals surface area contributed by atoms with Crippen molar-refractivity contribution in [3.05, 3.63) is 42.5 Å². The van der Waals surface area contributed by atoms with Gasteiger partial charge >= 0.3 is 5.97 Å². The molecule has 27 heavy (non-hydrogen) atoms. The SMILES string of the molecule is C=CC(=O)OC(OS(=O)(=O)c1cccc(C)c1)C12CC3CC(CC(C3)C1)C2. The molecule has 5 rings (SSSR count). The van der Waals surface area contributed by atoms with Crippen LogP contribution in [-0.4, -0.2) is 20.7 Å². The van der Waals surface area contributed by atoms with E-state index in [2.05, 4.69) is 6.58 Å². The molecule has 0 spiro atoms. The Hall–Kier alpha value is -1.66. The zero-order valence-electron chi connectivity index (χ0n) is 15.6. The molecule has 0 heterocycles. The largest absolute Gasteiger partial charge is 0.431 e. The van der Waals surface area contributed by atoms with Crippen LogP contribution in [0.4, 0.5) is 0 Å². The fourth-order valence-corrected chi connectivity index (χ4v) is 6.97. The van der Waals surface area contributed by atoms with Gasteiger partial charge in [0.25, 0.3) is 10.1 Å². The van der Waals surface area contributed by atoms with Gasteiger partial charge in [0.2, 0.25) is 6.29 Å². The van der Waals surface area contributed by atoms with Gasteiger partial charge in [0.1, 0.15) is 0 Å². The van der Waals surface area contributed by atoms with E-state index >= 15 is 0 Å². The third-order valence-corrected chi connectivity index (χ3v) is 7.73. The monoisotopic (exact) mass is 390 g/mol. The van der Waals surface area contributed by atoms with E-state index in [4.69, 9.17) is 8.92 Å². The summed E-state index contributed by atoms with van der Waals surface area (Å²) in [4.78, 5) is 12.1. The fraction of sp³-hybridized carbons (Fsp3) is 0.571. The molecule has 1 aromatic rings. The molecule has 0 saturated heterocycles. The minimum Gasteiger partial charge on any atom is -0.431 e. The first-order chi connectivity index (χ1) is 12.8. The number of ether oxygens (including phenoxy) is 1. The van der Waals surface area contributed by atoms with Crippen LogP contribution < -0.4 is 0 Å². The second kappa shape index (κ2) is 6.74. The highest BCUT2D eigenvalue weighted by Crippen LogP contribution is 2.62. The van der Waals surface area contributed by atoms with Crippen LogP contribution in [0.25, 0.3) is 0 Å². The van der Waals surface area contributed by atoms with E-state index in [0.29, 0.717) is 17.8 Å². The maximum absolute atomic E-state index is 12.9. The van der Waals surface area contributed by atoms with E-state index < -0.39 is 27.8 Å². The zero-order valence-corrected chi connectivity index (χ0v) is 16.4. The first-order valence-electron chi connectivity index (χ1n) is 9.63. The summed E-state index contributed by atoms with van der Waals surface area (Å²) in [7, 11) is -4.04. The van der Waals surface area contributed by atoms with Crippen molar-refractivity contribution in [2.24, 2.45) is 23.2 Å². The number of benzene rings is 1. The molecule has 1 atom stereocenters. The lowest BCUT2D eigenvalue weighted by Gasteiger charge is -2.57. The molecule has 1 unspecified atom stereocenters. The highest BCUT2D eigenvalue weighted by atomic mass is 32.2. The molecule has 4 fully saturated rings. The van der Waals surface area contributed by atoms with Gasteiger partial charge in [0.15, 0.2) is 0 Å². The van der Waals surface area contributed by atoms with E-state index in [1.807, 2.05) is 13.0 Å². The average Bonchev–Trinajstić information content (AvgIpc) is 2.59. The lowest BCUT2D eigenvalue weighted by atomic mass is 9.49. The molecule has 4 aliphatic rings. The van der Waals surface area contributed by atoms with Crippen molar-refractivity contribution in [3.8, 4) is 0 Å². The van der Waals surface area contributed by atoms with E-state index in [1.165, 1.54) is 25.3 Å². The Morgan fingerprint density at radius 2 is 1.78 bits per heavy atom. The van der Waals surface area contributed by atoms with Gasteiger partial charge in [-0.1, -0.05) is 18.7 Å². The summed E-state index contributed by atoms with van der Waals surface area (Å²) >= 11 is 0. The van der Waals surface area contributed by atoms with Crippen LogP contribution >= 0.6 is 0 Å². The van der Waals surface area contributed by atoms with Gasteiger partial charge < -0.3 is 4.74 Å². The molecule has 146 valence electrons. The summed E-state index contributed by atoms with van der Waals surface area (Å²) in [5.74, 6) is 1.08. The predicted octanol–water partition coefficient (Wildman–Crippen LogP) is 3.97. The quantitative estimate of drug-likeness (QED) is 0.318. The molecule has 4 saturated carbocycles. The first kappa shape index (κ1) is 18.7. The predicted molar refractivity (Wildman–Crippen MR) is 100 cm³/mol. The van der Waals surface area contributed by atoms with Gasteiger partial charge in [-0.25, -0.2) is 8.98 Å². The third-order valence-electron chi connectivity index (χ3n) is 6.47. The van der Waals surface area contributed by atoms with Crippen LogP contribution in [0.15, 0.2) is 41.8 Å². The minimum absolute atomic E-state index is 0.0897. The molecule has 5 nitrogen and oxygen atoms in total. The summed E-state index contributed by atoms with van der Waals surface area (Å²) in [5.41, 5.74) is 0.415. The Kier molecular flexibility index (Phi) is 4.67. The van der Waals surface area contributed by atoms with Crippen molar-refractivity contribution >= 4 is 16.1 Å². The zero-order chi connectivity index (χ0) is 19.2. The number of rotatable bonds is 6. The summed E-state index contributed by atoms with van der Waals surface area (Å²) in [6.45, 7) is 5.27. The number of hydrogen-bond donors (Lipinski definition) is 0. The van der Waals surface area contributed by atoms with Gasteiger partial charge in [-0.05, 0) is 80.9 Å². The van der Waals surface area contributed by atoms with Gasteiger partial charge in [-0.15, -0.1) is 0 Å². The number of carbonyl (C=O) groups is 1. The Morgan fingerprint density at radius 1 is 1.19 bits per heavy atom. The normalized spacial score (nSPS) is 32.9. The van der Waals surface area contributed by atoms with Gasteiger partial charge in [0, 0.05) is 11.5 Å². The molecule has 1 aromatic carbocycles. The van der Waals surface area contributed by atoms with Crippen LogP contribution in [0.3, 0.4) is 0 Å². The van der Waals surface area contributed by atoms with Crippen molar-refractivity contribution < 1.29 is 22.1 Å². The number of aryl methyl sites for hydroxylation is 1. The molecule has 0 amide bonds. The first-order valence-corrected chi connectivity index (χ1v) is 11.0. The second-order valence-corrected chi connectivity index (χ2v) is 10.2. The van der Waals surface area contributed by atoms with Crippen molar-refractivity contribution in [1.82, 2.24) is 0 Å². The molecule has 4 bridgehead atoms. The van der Waals surface area contributed by atoms with E-state index in [-0.39, 0.29) is 4.90 Å². The maximum Gasteiger partial charge on any atom is 0.332 e. The summed E-state index contributed by atoms with van der Waals surface area (Å²) in [6, 6.07) is 6.59. The molecular weight excluding hydrogens is 364 g/mol. The molecule has 4 aliphatic carbocycles. The van der Waals surface area contributed by atoms with Gasteiger partial charge in [0.05, 0.1) is 4.90 Å². The lowest BCUT2D eigenvalue weighted by Crippen LogP contribution is -2.54. The lowest BCUT2D eigenvalue weighted by molar-refractivity contribution is -0.211. The smallest absolute Gasteiger partial charge is 0.332 e. The van der Waals surface area contributed by atoms with Crippen LogP contribution in [0.5, 0.6) is 0 Å².